The lowest BCUT2D eigenvalue weighted by Gasteiger charge is -2.32. The number of benzene rings is 1. The fraction of sp³-hybridized carbons (Fsp3) is 0.462. The first-order chi connectivity index (χ1) is 8.47. The molecule has 0 aliphatic heterocycles. The van der Waals surface area contributed by atoms with Gasteiger partial charge in [0.05, 0.1) is 0 Å². The molecule has 0 spiro atoms. The monoisotopic (exact) mass is 269 g/mol. The van der Waals surface area contributed by atoms with Crippen molar-refractivity contribution in [3.63, 3.8) is 0 Å². The molecule has 0 aliphatic carbocycles. The number of hydrogen-bond donors (Lipinski definition) is 2. The van der Waals surface area contributed by atoms with Crippen molar-refractivity contribution in [3.8, 4) is 0 Å². The molecule has 100 valence electrons. The van der Waals surface area contributed by atoms with Gasteiger partial charge in [-0.05, 0) is 25.6 Å². The van der Waals surface area contributed by atoms with E-state index in [2.05, 4.69) is 0 Å². The summed E-state index contributed by atoms with van der Waals surface area (Å²) < 4.78 is 0. The normalized spacial score (nSPS) is 14.5. The van der Waals surface area contributed by atoms with E-state index in [1.54, 1.807) is 0 Å². The van der Waals surface area contributed by atoms with Gasteiger partial charge < -0.3 is 11.5 Å². The lowest BCUT2D eigenvalue weighted by Crippen LogP contribution is -2.42. The molecule has 1 amide bonds. The van der Waals surface area contributed by atoms with E-state index in [4.69, 9.17) is 23.1 Å². The van der Waals surface area contributed by atoms with E-state index in [0.29, 0.717) is 11.6 Å². The second-order valence-electron chi connectivity index (χ2n) is 4.42. The smallest absolute Gasteiger partial charge is 0.219 e. The third kappa shape index (κ3) is 3.70. The molecule has 0 fully saturated rings. The lowest BCUT2D eigenvalue weighted by atomic mass is 10.0. The third-order valence-electron chi connectivity index (χ3n) is 3.25. The molecular formula is C13H20ClN3O. The zero-order valence-electron chi connectivity index (χ0n) is 10.8. The van der Waals surface area contributed by atoms with Gasteiger partial charge in [-0.15, -0.1) is 0 Å². The molecule has 1 aromatic rings. The van der Waals surface area contributed by atoms with Crippen molar-refractivity contribution in [1.29, 1.82) is 0 Å². The molecule has 0 aromatic heterocycles. The molecule has 0 radical (unpaired) electrons. The highest BCUT2D eigenvalue weighted by Crippen LogP contribution is 2.27. The highest BCUT2D eigenvalue weighted by Gasteiger charge is 2.22. The SMILES string of the molecule is CC(c1ccccc1Cl)N(C)C(CN)CC(N)=O. The standard InChI is InChI=1S/C13H20ClN3O/c1-9(11-5-3-4-6-12(11)14)17(2)10(8-15)7-13(16)18/h3-6,9-10H,7-8,15H2,1-2H3,(H2,16,18). The van der Waals surface area contributed by atoms with Gasteiger partial charge in [0.1, 0.15) is 0 Å². The summed E-state index contributed by atoms with van der Waals surface area (Å²) >= 11 is 6.17. The predicted octanol–water partition coefficient (Wildman–Crippen LogP) is 1.54. The molecule has 4 nitrogen and oxygen atoms in total. The summed E-state index contributed by atoms with van der Waals surface area (Å²) in [6.07, 6.45) is 0.252. The number of rotatable bonds is 6. The number of halogens is 1. The molecule has 0 aliphatic rings. The molecule has 5 heteroatoms. The van der Waals surface area contributed by atoms with Crippen LogP contribution in [0.15, 0.2) is 24.3 Å². The first-order valence-electron chi connectivity index (χ1n) is 5.92. The molecule has 2 atom stereocenters. The van der Waals surface area contributed by atoms with Gasteiger partial charge in [-0.1, -0.05) is 29.8 Å². The fourth-order valence-corrected chi connectivity index (χ4v) is 2.27. The van der Waals surface area contributed by atoms with Gasteiger partial charge in [0.2, 0.25) is 5.91 Å². The third-order valence-corrected chi connectivity index (χ3v) is 3.60. The highest BCUT2D eigenvalue weighted by molar-refractivity contribution is 6.31. The maximum absolute atomic E-state index is 11.0. The Labute approximate surface area is 113 Å². The Morgan fingerprint density at radius 3 is 2.56 bits per heavy atom. The lowest BCUT2D eigenvalue weighted by molar-refractivity contribution is -0.119. The summed E-state index contributed by atoms with van der Waals surface area (Å²) in [5.74, 6) is -0.344. The number of carbonyl (C=O) groups excluding carboxylic acids is 1. The minimum absolute atomic E-state index is 0.0752. The Hall–Kier alpha value is -1.10. The molecule has 0 heterocycles. The summed E-state index contributed by atoms with van der Waals surface area (Å²) in [5, 5.41) is 0.715. The van der Waals surface area contributed by atoms with Crippen LogP contribution < -0.4 is 11.5 Å². The van der Waals surface area contributed by atoms with Gasteiger partial charge >= 0.3 is 0 Å². The van der Waals surface area contributed by atoms with E-state index in [0.717, 1.165) is 5.56 Å². The number of amides is 1. The second-order valence-corrected chi connectivity index (χ2v) is 4.83. The fourth-order valence-electron chi connectivity index (χ4n) is 1.98. The van der Waals surface area contributed by atoms with Gasteiger partial charge in [-0.25, -0.2) is 0 Å². The van der Waals surface area contributed by atoms with Gasteiger partial charge in [0.25, 0.3) is 0 Å². The first-order valence-corrected chi connectivity index (χ1v) is 6.30. The van der Waals surface area contributed by atoms with E-state index in [1.807, 2.05) is 43.1 Å². The van der Waals surface area contributed by atoms with Crippen LogP contribution in [0.3, 0.4) is 0 Å². The van der Waals surface area contributed by atoms with Crippen molar-refractivity contribution in [1.82, 2.24) is 4.90 Å². The van der Waals surface area contributed by atoms with Crippen LogP contribution in [0.2, 0.25) is 5.02 Å². The highest BCUT2D eigenvalue weighted by atomic mass is 35.5. The molecule has 0 saturated heterocycles. The van der Waals surface area contributed by atoms with E-state index in [9.17, 15) is 4.79 Å². The summed E-state index contributed by atoms with van der Waals surface area (Å²) in [5.41, 5.74) is 11.9. The molecule has 0 saturated carbocycles. The number of likely N-dealkylation sites (N-methyl/N-ethyl adjacent to an activating group) is 1. The Balaban J connectivity index is 2.85. The number of hydrogen-bond acceptors (Lipinski definition) is 3. The van der Waals surface area contributed by atoms with Crippen LogP contribution in [0.25, 0.3) is 0 Å². The maximum Gasteiger partial charge on any atom is 0.219 e. The molecule has 2 unspecified atom stereocenters. The maximum atomic E-state index is 11.0. The van der Waals surface area contributed by atoms with Crippen molar-refractivity contribution >= 4 is 17.5 Å². The van der Waals surface area contributed by atoms with Crippen LogP contribution in [-0.2, 0) is 4.79 Å². The quantitative estimate of drug-likeness (QED) is 0.823. The van der Waals surface area contributed by atoms with Crippen LogP contribution in [0.5, 0.6) is 0 Å². The molecule has 0 bridgehead atoms. The predicted molar refractivity (Wildman–Crippen MR) is 74.3 cm³/mol. The summed E-state index contributed by atoms with van der Waals surface area (Å²) in [7, 11) is 1.93. The van der Waals surface area contributed by atoms with E-state index in [-0.39, 0.29) is 24.4 Å². The van der Waals surface area contributed by atoms with E-state index >= 15 is 0 Å². The summed E-state index contributed by atoms with van der Waals surface area (Å²) in [6, 6.07) is 7.66. The van der Waals surface area contributed by atoms with Crippen LogP contribution in [0.1, 0.15) is 24.9 Å². The van der Waals surface area contributed by atoms with Gasteiger partial charge in [0.15, 0.2) is 0 Å². The van der Waals surface area contributed by atoms with Crippen molar-refractivity contribution in [2.75, 3.05) is 13.6 Å². The molecule has 1 aromatic carbocycles. The van der Waals surface area contributed by atoms with Crippen molar-refractivity contribution in [2.24, 2.45) is 11.5 Å². The zero-order chi connectivity index (χ0) is 13.7. The molecule has 18 heavy (non-hydrogen) atoms. The van der Waals surface area contributed by atoms with E-state index in [1.165, 1.54) is 0 Å². The zero-order valence-corrected chi connectivity index (χ0v) is 11.5. The van der Waals surface area contributed by atoms with Crippen LogP contribution in [0, 0.1) is 0 Å². The number of nitrogens with two attached hydrogens (primary N) is 2. The van der Waals surface area contributed by atoms with Gasteiger partial charge in [-0.3, -0.25) is 9.69 Å². The van der Waals surface area contributed by atoms with Crippen molar-refractivity contribution < 1.29 is 4.79 Å². The first kappa shape index (κ1) is 15.0. The van der Waals surface area contributed by atoms with Crippen LogP contribution in [0.4, 0.5) is 0 Å². The largest absolute Gasteiger partial charge is 0.370 e. The minimum Gasteiger partial charge on any atom is -0.370 e. The minimum atomic E-state index is -0.344. The average Bonchev–Trinajstić information content (AvgIpc) is 2.34. The summed E-state index contributed by atoms with van der Waals surface area (Å²) in [6.45, 7) is 2.42. The Morgan fingerprint density at radius 2 is 2.06 bits per heavy atom. The molecular weight excluding hydrogens is 250 g/mol. The molecule has 4 N–H and O–H groups in total. The second kappa shape index (κ2) is 6.73. The Kier molecular flexibility index (Phi) is 5.59. The Bertz CT molecular complexity index is 411. The number of primary amides is 1. The average molecular weight is 270 g/mol. The number of carbonyl (C=O) groups is 1. The summed E-state index contributed by atoms with van der Waals surface area (Å²) in [4.78, 5) is 13.0. The number of nitrogens with zero attached hydrogens (tertiary/aromatic N) is 1. The van der Waals surface area contributed by atoms with Crippen molar-refractivity contribution in [3.05, 3.63) is 34.9 Å². The Morgan fingerprint density at radius 1 is 1.44 bits per heavy atom. The van der Waals surface area contributed by atoms with Gasteiger partial charge in [0, 0.05) is 30.1 Å². The van der Waals surface area contributed by atoms with Gasteiger partial charge in [-0.2, -0.15) is 0 Å². The van der Waals surface area contributed by atoms with Crippen LogP contribution >= 0.6 is 11.6 Å². The van der Waals surface area contributed by atoms with Crippen LogP contribution in [-0.4, -0.2) is 30.4 Å². The van der Waals surface area contributed by atoms with E-state index < -0.39 is 0 Å². The molecule has 1 rings (SSSR count). The topological polar surface area (TPSA) is 72.3 Å². The van der Waals surface area contributed by atoms with Crippen molar-refractivity contribution in [2.45, 2.75) is 25.4 Å².